The van der Waals surface area contributed by atoms with Crippen LogP contribution in [0.3, 0.4) is 0 Å². The minimum Gasteiger partial charge on any atom is -0.496 e. The number of ketones is 1. The Bertz CT molecular complexity index is 719. The number of anilines is 1. The average molecular weight is 281 g/mol. The number of hydrogen-bond acceptors (Lipinski definition) is 3. The SMILES string of the molecule is COc1c(C(=O)c2ccc3c(c2)NCC3)ccc(C)c1C. The van der Waals surface area contributed by atoms with E-state index in [4.69, 9.17) is 4.74 Å². The zero-order valence-corrected chi connectivity index (χ0v) is 12.6. The van der Waals surface area contributed by atoms with Crippen LogP contribution in [-0.4, -0.2) is 19.4 Å². The summed E-state index contributed by atoms with van der Waals surface area (Å²) < 4.78 is 5.46. The molecule has 0 aliphatic carbocycles. The maximum absolute atomic E-state index is 12.8. The Morgan fingerprint density at radius 3 is 2.76 bits per heavy atom. The molecule has 3 rings (SSSR count). The van der Waals surface area contributed by atoms with Gasteiger partial charge in [-0.05, 0) is 49.1 Å². The van der Waals surface area contributed by atoms with Gasteiger partial charge >= 0.3 is 0 Å². The van der Waals surface area contributed by atoms with E-state index < -0.39 is 0 Å². The summed E-state index contributed by atoms with van der Waals surface area (Å²) in [7, 11) is 1.61. The molecule has 21 heavy (non-hydrogen) atoms. The van der Waals surface area contributed by atoms with Gasteiger partial charge in [0.05, 0.1) is 12.7 Å². The lowest BCUT2D eigenvalue weighted by atomic mass is 9.96. The smallest absolute Gasteiger partial charge is 0.196 e. The summed E-state index contributed by atoms with van der Waals surface area (Å²) in [5.41, 5.74) is 5.81. The molecule has 1 aliphatic rings. The monoisotopic (exact) mass is 281 g/mol. The molecule has 2 aromatic carbocycles. The van der Waals surface area contributed by atoms with E-state index in [0.29, 0.717) is 16.9 Å². The number of methoxy groups -OCH3 is 1. The van der Waals surface area contributed by atoms with Gasteiger partial charge < -0.3 is 10.1 Å². The van der Waals surface area contributed by atoms with Crippen LogP contribution in [0, 0.1) is 13.8 Å². The van der Waals surface area contributed by atoms with Crippen LogP contribution in [-0.2, 0) is 6.42 Å². The Kier molecular flexibility index (Phi) is 3.42. The van der Waals surface area contributed by atoms with Crippen LogP contribution in [0.25, 0.3) is 0 Å². The van der Waals surface area contributed by atoms with Crippen molar-refractivity contribution in [2.24, 2.45) is 0 Å². The highest BCUT2D eigenvalue weighted by molar-refractivity contribution is 6.11. The zero-order valence-electron chi connectivity index (χ0n) is 12.6. The van der Waals surface area contributed by atoms with Crippen LogP contribution >= 0.6 is 0 Å². The van der Waals surface area contributed by atoms with Gasteiger partial charge in [0.1, 0.15) is 5.75 Å². The molecule has 0 unspecified atom stereocenters. The Balaban J connectivity index is 2.05. The summed E-state index contributed by atoms with van der Waals surface area (Å²) in [5.74, 6) is 0.680. The molecule has 108 valence electrons. The van der Waals surface area contributed by atoms with Gasteiger partial charge in [0.15, 0.2) is 5.78 Å². The van der Waals surface area contributed by atoms with Crippen molar-refractivity contribution in [3.63, 3.8) is 0 Å². The van der Waals surface area contributed by atoms with E-state index in [9.17, 15) is 4.79 Å². The maximum atomic E-state index is 12.8. The number of nitrogens with one attached hydrogen (secondary N) is 1. The fraction of sp³-hybridized carbons (Fsp3) is 0.278. The fourth-order valence-electron chi connectivity index (χ4n) is 2.82. The summed E-state index contributed by atoms with van der Waals surface area (Å²) >= 11 is 0. The summed E-state index contributed by atoms with van der Waals surface area (Å²) in [6.45, 7) is 4.94. The third-order valence-corrected chi connectivity index (χ3v) is 4.21. The van der Waals surface area contributed by atoms with E-state index in [1.807, 2.05) is 44.2 Å². The molecule has 3 nitrogen and oxygen atoms in total. The first kappa shape index (κ1) is 13.7. The fourth-order valence-corrected chi connectivity index (χ4v) is 2.82. The van der Waals surface area contributed by atoms with Crippen molar-refractivity contribution in [2.45, 2.75) is 20.3 Å². The molecule has 0 atom stereocenters. The molecule has 1 aliphatic heterocycles. The number of fused-ring (bicyclic) bond motifs is 1. The predicted octanol–water partition coefficient (Wildman–Crippen LogP) is 3.51. The number of ether oxygens (including phenoxy) is 1. The van der Waals surface area contributed by atoms with Gasteiger partial charge in [-0.2, -0.15) is 0 Å². The molecule has 1 heterocycles. The molecule has 0 bridgehead atoms. The molecule has 0 radical (unpaired) electrons. The van der Waals surface area contributed by atoms with E-state index in [2.05, 4.69) is 5.32 Å². The second-order valence-corrected chi connectivity index (χ2v) is 5.47. The Morgan fingerprint density at radius 2 is 2.00 bits per heavy atom. The van der Waals surface area contributed by atoms with Crippen LogP contribution in [0.2, 0.25) is 0 Å². The zero-order chi connectivity index (χ0) is 15.0. The van der Waals surface area contributed by atoms with E-state index in [1.54, 1.807) is 7.11 Å². The van der Waals surface area contributed by atoms with E-state index in [1.165, 1.54) is 5.56 Å². The number of aryl methyl sites for hydroxylation is 1. The number of rotatable bonds is 3. The van der Waals surface area contributed by atoms with E-state index in [0.717, 1.165) is 29.8 Å². The van der Waals surface area contributed by atoms with Gasteiger partial charge in [-0.15, -0.1) is 0 Å². The topological polar surface area (TPSA) is 38.3 Å². The van der Waals surface area contributed by atoms with Crippen LogP contribution in [0.4, 0.5) is 5.69 Å². The molecular weight excluding hydrogens is 262 g/mol. The number of hydrogen-bond donors (Lipinski definition) is 1. The minimum atomic E-state index is 0.00597. The number of carbonyl (C=O) groups is 1. The molecule has 0 spiro atoms. The molecule has 0 amide bonds. The number of carbonyl (C=O) groups excluding carboxylic acids is 1. The Morgan fingerprint density at radius 1 is 1.19 bits per heavy atom. The van der Waals surface area contributed by atoms with Crippen LogP contribution in [0.5, 0.6) is 5.75 Å². The molecule has 2 aromatic rings. The highest BCUT2D eigenvalue weighted by Gasteiger charge is 2.19. The highest BCUT2D eigenvalue weighted by atomic mass is 16.5. The van der Waals surface area contributed by atoms with Crippen molar-refractivity contribution in [3.05, 3.63) is 58.1 Å². The standard InChI is InChI=1S/C18H19NO2/c1-11-4-7-15(18(21-3)12(11)2)17(20)14-6-5-13-8-9-19-16(13)10-14/h4-7,10,19H,8-9H2,1-3H3. The van der Waals surface area contributed by atoms with Gasteiger partial charge in [-0.25, -0.2) is 0 Å². The highest BCUT2D eigenvalue weighted by Crippen LogP contribution is 2.30. The van der Waals surface area contributed by atoms with Crippen LogP contribution in [0.15, 0.2) is 30.3 Å². The summed E-state index contributed by atoms with van der Waals surface area (Å²) in [4.78, 5) is 12.8. The molecular formula is C18H19NO2. The summed E-state index contributed by atoms with van der Waals surface area (Å²) in [6, 6.07) is 9.71. The first-order valence-corrected chi connectivity index (χ1v) is 7.17. The first-order chi connectivity index (χ1) is 10.1. The molecule has 0 aromatic heterocycles. The van der Waals surface area contributed by atoms with Crippen molar-refractivity contribution < 1.29 is 9.53 Å². The minimum absolute atomic E-state index is 0.00597. The van der Waals surface area contributed by atoms with E-state index >= 15 is 0 Å². The lowest BCUT2D eigenvalue weighted by molar-refractivity contribution is 0.103. The second-order valence-electron chi connectivity index (χ2n) is 5.47. The normalized spacial score (nSPS) is 12.7. The van der Waals surface area contributed by atoms with Crippen molar-refractivity contribution in [1.82, 2.24) is 0 Å². The number of benzene rings is 2. The average Bonchev–Trinajstić information content (AvgIpc) is 2.96. The van der Waals surface area contributed by atoms with Crippen LogP contribution < -0.4 is 10.1 Å². The van der Waals surface area contributed by atoms with Gasteiger partial charge in [0.25, 0.3) is 0 Å². The van der Waals surface area contributed by atoms with Crippen molar-refractivity contribution in [3.8, 4) is 5.75 Å². The van der Waals surface area contributed by atoms with E-state index in [-0.39, 0.29) is 5.78 Å². The largest absolute Gasteiger partial charge is 0.496 e. The predicted molar refractivity (Wildman–Crippen MR) is 84.5 cm³/mol. The summed E-state index contributed by atoms with van der Waals surface area (Å²) in [5, 5.41) is 3.31. The van der Waals surface area contributed by atoms with Gasteiger partial charge in [-0.3, -0.25) is 4.79 Å². The lowest BCUT2D eigenvalue weighted by Crippen LogP contribution is -2.06. The van der Waals surface area contributed by atoms with Gasteiger partial charge in [0.2, 0.25) is 0 Å². The lowest BCUT2D eigenvalue weighted by Gasteiger charge is -2.13. The molecule has 1 N–H and O–H groups in total. The summed E-state index contributed by atoms with van der Waals surface area (Å²) in [6.07, 6.45) is 1.02. The molecule has 0 saturated carbocycles. The molecule has 0 saturated heterocycles. The van der Waals surface area contributed by atoms with Crippen molar-refractivity contribution in [2.75, 3.05) is 19.0 Å². The Hall–Kier alpha value is -2.29. The van der Waals surface area contributed by atoms with Crippen LogP contribution in [0.1, 0.15) is 32.6 Å². The van der Waals surface area contributed by atoms with Crippen molar-refractivity contribution >= 4 is 11.5 Å². The molecule has 3 heteroatoms. The quantitative estimate of drug-likeness (QED) is 0.875. The Labute approximate surface area is 124 Å². The second kappa shape index (κ2) is 5.24. The maximum Gasteiger partial charge on any atom is 0.196 e. The third-order valence-electron chi connectivity index (χ3n) is 4.21. The first-order valence-electron chi connectivity index (χ1n) is 7.17. The van der Waals surface area contributed by atoms with Gasteiger partial charge in [0, 0.05) is 17.8 Å². The van der Waals surface area contributed by atoms with Crippen molar-refractivity contribution in [1.29, 1.82) is 0 Å². The van der Waals surface area contributed by atoms with Gasteiger partial charge in [-0.1, -0.05) is 18.2 Å². The molecule has 0 fully saturated rings. The third kappa shape index (κ3) is 2.29.